The minimum atomic E-state index is -0.478. The van der Waals surface area contributed by atoms with Gasteiger partial charge in [-0.25, -0.2) is 4.79 Å². The van der Waals surface area contributed by atoms with Gasteiger partial charge in [-0.3, -0.25) is 0 Å². The maximum Gasteiger partial charge on any atom is 0.407 e. The molecule has 0 radical (unpaired) electrons. The van der Waals surface area contributed by atoms with Crippen molar-refractivity contribution in [2.45, 2.75) is 39.2 Å². The fourth-order valence-corrected chi connectivity index (χ4v) is 2.39. The number of nitrogens with zero attached hydrogens (tertiary/aromatic N) is 1. The summed E-state index contributed by atoms with van der Waals surface area (Å²) < 4.78 is 5.21. The highest BCUT2D eigenvalue weighted by Gasteiger charge is 2.15. The topological polar surface area (TPSA) is 62.1 Å². The van der Waals surface area contributed by atoms with Crippen molar-refractivity contribution in [3.8, 4) is 17.2 Å². The highest BCUT2D eigenvalue weighted by atomic mass is 16.6. The van der Waals surface area contributed by atoms with Crippen molar-refractivity contribution in [1.82, 2.24) is 5.32 Å². The lowest BCUT2D eigenvalue weighted by Gasteiger charge is -2.19. The molecule has 0 atom stereocenters. The van der Waals surface area contributed by atoms with E-state index in [-0.39, 0.29) is 6.09 Å². The van der Waals surface area contributed by atoms with E-state index in [1.165, 1.54) is 0 Å². The number of carbonyl (C=O) groups excluding carboxylic acids is 1. The highest BCUT2D eigenvalue weighted by molar-refractivity contribution is 5.67. The second-order valence-corrected chi connectivity index (χ2v) is 6.91. The highest BCUT2D eigenvalue weighted by Crippen LogP contribution is 2.20. The van der Waals surface area contributed by atoms with Gasteiger partial charge in [-0.15, -0.1) is 0 Å². The zero-order chi connectivity index (χ0) is 18.3. The molecule has 130 valence electrons. The van der Waals surface area contributed by atoms with Gasteiger partial charge < -0.3 is 10.1 Å². The van der Waals surface area contributed by atoms with Crippen molar-refractivity contribution in [1.29, 1.82) is 5.26 Å². The molecule has 0 fully saturated rings. The largest absolute Gasteiger partial charge is 0.444 e. The maximum atomic E-state index is 11.6. The molecule has 0 unspecified atom stereocenters. The molecule has 2 aromatic rings. The van der Waals surface area contributed by atoms with E-state index in [4.69, 9.17) is 10.00 Å². The number of alkyl carbamates (subject to hydrolysis) is 1. The molecule has 0 aliphatic carbocycles. The molecular formula is C21H24N2O2. The summed E-state index contributed by atoms with van der Waals surface area (Å²) in [7, 11) is 0. The van der Waals surface area contributed by atoms with E-state index < -0.39 is 5.60 Å². The molecule has 0 spiro atoms. The lowest BCUT2D eigenvalue weighted by atomic mass is 10.0. The standard InChI is InChI=1S/C21H24N2O2/c1-21(2,3)25-20(24)23-15-13-17-6-10-19(11-7-17)18-8-4-16(5-9-18)12-14-22/h4-11H,12-13,15H2,1-3H3,(H,23,24). The van der Waals surface area contributed by atoms with Gasteiger partial charge >= 0.3 is 6.09 Å². The van der Waals surface area contributed by atoms with Crippen LogP contribution in [0.2, 0.25) is 0 Å². The average molecular weight is 336 g/mol. The third kappa shape index (κ3) is 6.31. The van der Waals surface area contributed by atoms with E-state index in [9.17, 15) is 4.79 Å². The van der Waals surface area contributed by atoms with Crippen LogP contribution in [0.25, 0.3) is 11.1 Å². The molecule has 0 bridgehead atoms. The van der Waals surface area contributed by atoms with Crippen molar-refractivity contribution in [3.05, 3.63) is 59.7 Å². The third-order valence-corrected chi connectivity index (χ3v) is 3.61. The number of hydrogen-bond donors (Lipinski definition) is 1. The fourth-order valence-electron chi connectivity index (χ4n) is 2.39. The Hall–Kier alpha value is -2.80. The van der Waals surface area contributed by atoms with Crippen LogP contribution in [0.5, 0.6) is 0 Å². The number of benzene rings is 2. The fraction of sp³-hybridized carbons (Fsp3) is 0.333. The van der Waals surface area contributed by atoms with Crippen molar-refractivity contribution < 1.29 is 9.53 Å². The molecule has 4 nitrogen and oxygen atoms in total. The second-order valence-electron chi connectivity index (χ2n) is 6.91. The van der Waals surface area contributed by atoms with Crippen LogP contribution in [0.3, 0.4) is 0 Å². The van der Waals surface area contributed by atoms with E-state index in [2.05, 4.69) is 35.7 Å². The van der Waals surface area contributed by atoms with Crippen LogP contribution >= 0.6 is 0 Å². The first-order valence-electron chi connectivity index (χ1n) is 8.39. The summed E-state index contributed by atoms with van der Waals surface area (Å²) in [5, 5.41) is 11.5. The zero-order valence-corrected chi connectivity index (χ0v) is 15.0. The molecule has 0 aliphatic rings. The molecule has 1 amide bonds. The summed E-state index contributed by atoms with van der Waals surface area (Å²) in [5.41, 5.74) is 3.96. The van der Waals surface area contributed by atoms with Crippen LogP contribution in [0.1, 0.15) is 31.9 Å². The minimum Gasteiger partial charge on any atom is -0.444 e. The van der Waals surface area contributed by atoms with E-state index in [0.29, 0.717) is 13.0 Å². The van der Waals surface area contributed by atoms with Crippen molar-refractivity contribution >= 4 is 6.09 Å². The molecule has 2 aromatic carbocycles. The Morgan fingerprint density at radius 2 is 1.52 bits per heavy atom. The quantitative estimate of drug-likeness (QED) is 0.875. The monoisotopic (exact) mass is 336 g/mol. The number of hydrogen-bond acceptors (Lipinski definition) is 3. The summed E-state index contributed by atoms with van der Waals surface area (Å²) in [5.74, 6) is 0. The Morgan fingerprint density at radius 3 is 2.00 bits per heavy atom. The number of amides is 1. The Balaban J connectivity index is 1.87. The number of nitrogens with one attached hydrogen (secondary N) is 1. The van der Waals surface area contributed by atoms with Crippen LogP contribution in [0.15, 0.2) is 48.5 Å². The number of ether oxygens (including phenoxy) is 1. The Morgan fingerprint density at radius 1 is 1.00 bits per heavy atom. The van der Waals surface area contributed by atoms with Crippen LogP contribution in [-0.4, -0.2) is 18.2 Å². The molecule has 2 rings (SSSR count). The van der Waals surface area contributed by atoms with Crippen LogP contribution < -0.4 is 5.32 Å². The molecule has 0 aromatic heterocycles. The molecule has 4 heteroatoms. The normalized spacial score (nSPS) is 10.8. The molecule has 0 heterocycles. The van der Waals surface area contributed by atoms with Gasteiger partial charge in [-0.05, 0) is 49.4 Å². The first kappa shape index (κ1) is 18.5. The predicted molar refractivity (Wildman–Crippen MR) is 99.1 cm³/mol. The van der Waals surface area contributed by atoms with Gasteiger partial charge in [-0.1, -0.05) is 48.5 Å². The zero-order valence-electron chi connectivity index (χ0n) is 15.0. The van der Waals surface area contributed by atoms with Gasteiger partial charge in [0, 0.05) is 6.54 Å². The van der Waals surface area contributed by atoms with Crippen LogP contribution in [0.4, 0.5) is 4.79 Å². The number of rotatable bonds is 5. The van der Waals surface area contributed by atoms with E-state index in [1.54, 1.807) is 0 Å². The SMILES string of the molecule is CC(C)(C)OC(=O)NCCc1ccc(-c2ccc(CC#N)cc2)cc1. The van der Waals surface area contributed by atoms with Gasteiger partial charge in [-0.2, -0.15) is 5.26 Å². The van der Waals surface area contributed by atoms with Crippen molar-refractivity contribution in [2.24, 2.45) is 0 Å². The number of carbonyl (C=O) groups is 1. The minimum absolute atomic E-state index is 0.387. The van der Waals surface area contributed by atoms with E-state index in [0.717, 1.165) is 28.7 Å². The Kier molecular flexibility index (Phi) is 6.19. The van der Waals surface area contributed by atoms with Crippen LogP contribution in [-0.2, 0) is 17.6 Å². The predicted octanol–water partition coefficient (Wildman–Crippen LogP) is 4.49. The van der Waals surface area contributed by atoms with Crippen LogP contribution in [0, 0.1) is 11.3 Å². The average Bonchev–Trinajstić information content (AvgIpc) is 2.55. The first-order chi connectivity index (χ1) is 11.9. The molecular weight excluding hydrogens is 312 g/mol. The van der Waals surface area contributed by atoms with Gasteiger partial charge in [0.25, 0.3) is 0 Å². The van der Waals surface area contributed by atoms with Crippen molar-refractivity contribution in [3.63, 3.8) is 0 Å². The summed E-state index contributed by atoms with van der Waals surface area (Å²) >= 11 is 0. The maximum absolute atomic E-state index is 11.6. The molecule has 25 heavy (non-hydrogen) atoms. The Labute approximate surface area is 149 Å². The molecule has 0 saturated heterocycles. The summed E-state index contributed by atoms with van der Waals surface area (Å²) in [4.78, 5) is 11.6. The summed E-state index contributed by atoms with van der Waals surface area (Å²) in [6.45, 7) is 6.07. The van der Waals surface area contributed by atoms with Crippen molar-refractivity contribution in [2.75, 3.05) is 6.54 Å². The smallest absolute Gasteiger partial charge is 0.407 e. The van der Waals surface area contributed by atoms with Gasteiger partial charge in [0.15, 0.2) is 0 Å². The van der Waals surface area contributed by atoms with Gasteiger partial charge in [0.2, 0.25) is 0 Å². The summed E-state index contributed by atoms with van der Waals surface area (Å²) in [6.07, 6.45) is 0.798. The third-order valence-electron chi connectivity index (χ3n) is 3.61. The molecule has 1 N–H and O–H groups in total. The lowest BCUT2D eigenvalue weighted by Crippen LogP contribution is -2.33. The summed E-state index contributed by atoms with van der Waals surface area (Å²) in [6, 6.07) is 18.5. The van der Waals surface area contributed by atoms with E-state index in [1.807, 2.05) is 45.0 Å². The van der Waals surface area contributed by atoms with E-state index >= 15 is 0 Å². The van der Waals surface area contributed by atoms with Gasteiger partial charge in [0.05, 0.1) is 12.5 Å². The second kappa shape index (κ2) is 8.34. The molecule has 0 saturated carbocycles. The number of nitriles is 1. The Bertz CT molecular complexity index is 735. The van der Waals surface area contributed by atoms with Gasteiger partial charge in [0.1, 0.15) is 5.60 Å². The first-order valence-corrected chi connectivity index (χ1v) is 8.39. The molecule has 0 aliphatic heterocycles. The lowest BCUT2D eigenvalue weighted by molar-refractivity contribution is 0.0528.